The van der Waals surface area contributed by atoms with E-state index in [0.29, 0.717) is 0 Å². The summed E-state index contributed by atoms with van der Waals surface area (Å²) >= 11 is 0. The molecule has 0 bridgehead atoms. The second kappa shape index (κ2) is 2.21. The molecule has 0 N–H and O–H groups in total. The van der Waals surface area contributed by atoms with Crippen molar-refractivity contribution in [3.63, 3.8) is 0 Å². The van der Waals surface area contributed by atoms with Gasteiger partial charge in [0.25, 0.3) is 0 Å². The smallest absolute Gasteiger partial charge is 0.449 e. The number of hydrogen-bond acceptors (Lipinski definition) is 1. The van der Waals surface area contributed by atoms with Crippen molar-refractivity contribution in [2.75, 3.05) is 13.1 Å². The SMILES string of the molecule is [2H]C1([2H])OC([2H])([2H])C([2H])([B-](F)(F)F)C1([2H])[2H]. The first-order valence-corrected chi connectivity index (χ1v) is 2.10. The lowest BCUT2D eigenvalue weighted by Gasteiger charge is -2.19. The normalized spacial score (nSPS) is 65.4. The summed E-state index contributed by atoms with van der Waals surface area (Å²) in [6, 6.07) is 0. The van der Waals surface area contributed by atoms with Crippen molar-refractivity contribution < 1.29 is 27.3 Å². The van der Waals surface area contributed by atoms with Gasteiger partial charge in [-0.2, -0.15) is 0 Å². The summed E-state index contributed by atoms with van der Waals surface area (Å²) in [7, 11) is 0. The van der Waals surface area contributed by atoms with Crippen LogP contribution in [0.25, 0.3) is 0 Å². The molecule has 0 aromatic heterocycles. The van der Waals surface area contributed by atoms with Crippen LogP contribution >= 0.6 is 0 Å². The highest BCUT2D eigenvalue weighted by atomic mass is 19.4. The molecule has 5 heteroatoms. The van der Waals surface area contributed by atoms with E-state index in [1.54, 1.807) is 0 Å². The van der Waals surface area contributed by atoms with Gasteiger partial charge in [-0.3, -0.25) is 0 Å². The van der Waals surface area contributed by atoms with Gasteiger partial charge in [0.05, 0.1) is 5.48 Å². The Bertz CT molecular complexity index is 317. The third-order valence-corrected chi connectivity index (χ3v) is 0.725. The minimum atomic E-state index is -6.30. The maximum absolute atomic E-state index is 12.6. The van der Waals surface area contributed by atoms with Gasteiger partial charge in [0.15, 0.2) is 0 Å². The second-order valence-corrected chi connectivity index (χ2v) is 1.42. The summed E-state index contributed by atoms with van der Waals surface area (Å²) < 4.78 is 90.2. The van der Waals surface area contributed by atoms with E-state index >= 15 is 0 Å². The number of rotatable bonds is 1. The van der Waals surface area contributed by atoms with Crippen LogP contribution in [0.5, 0.6) is 0 Å². The molecular formula is C4H7BF3O-. The molecule has 1 aliphatic rings. The minimum absolute atomic E-state index is 3.52. The monoisotopic (exact) mass is 146 g/mol. The fraction of sp³-hybridized carbons (Fsp3) is 1.00. The van der Waals surface area contributed by atoms with Crippen molar-refractivity contribution in [3.8, 4) is 0 Å². The van der Waals surface area contributed by atoms with Crippen molar-refractivity contribution >= 4 is 6.98 Å². The highest BCUT2D eigenvalue weighted by molar-refractivity contribution is 6.60. The average molecular weight is 146 g/mol. The molecule has 1 rings (SSSR count). The Kier molecular flexibility index (Phi) is 0.529. The number of hydrogen-bond donors (Lipinski definition) is 0. The zero-order valence-electron chi connectivity index (χ0n) is 11.1. The molecule has 1 aliphatic heterocycles. The van der Waals surface area contributed by atoms with Crippen LogP contribution in [0.2, 0.25) is 5.79 Å². The fourth-order valence-electron chi connectivity index (χ4n) is 0.335. The molecule has 9 heavy (non-hydrogen) atoms. The predicted molar refractivity (Wildman–Crippen MR) is 28.3 cm³/mol. The first-order valence-electron chi connectivity index (χ1n) is 5.60. The van der Waals surface area contributed by atoms with E-state index in [1.807, 2.05) is 0 Å². The molecule has 1 heterocycles. The molecule has 0 aliphatic carbocycles. The van der Waals surface area contributed by atoms with Crippen molar-refractivity contribution in [2.24, 2.45) is 0 Å². The summed E-state index contributed by atoms with van der Waals surface area (Å²) in [5, 5.41) is 0. The average Bonchev–Trinajstić information content (AvgIpc) is 2.05. The standard InChI is InChI=1S/C4H7BF3O/c6-5(7,8)4-1-2-9-3-4/h4H,1-3H2/q-1/i1D2,2D2,3D2,4D. The van der Waals surface area contributed by atoms with Crippen molar-refractivity contribution in [3.05, 3.63) is 0 Å². The van der Waals surface area contributed by atoms with Crippen LogP contribution in [-0.4, -0.2) is 20.1 Å². The molecule has 0 radical (unpaired) electrons. The van der Waals surface area contributed by atoms with Gasteiger partial charge in [-0.05, 0) is 13.5 Å². The van der Waals surface area contributed by atoms with Crippen LogP contribution in [0, 0.1) is 0 Å². The third-order valence-electron chi connectivity index (χ3n) is 0.725. The number of ether oxygens (including phenoxy) is 1. The Hall–Kier alpha value is -0.185. The summed E-state index contributed by atoms with van der Waals surface area (Å²) in [6.45, 7) is -13.6. The van der Waals surface area contributed by atoms with Crippen molar-refractivity contribution in [1.29, 1.82) is 0 Å². The topological polar surface area (TPSA) is 9.23 Å². The van der Waals surface area contributed by atoms with Crippen molar-refractivity contribution in [1.82, 2.24) is 0 Å². The molecule has 0 saturated carbocycles. The lowest BCUT2D eigenvalue weighted by atomic mass is 9.72. The highest BCUT2D eigenvalue weighted by Gasteiger charge is 2.36. The molecule has 54 valence electrons. The van der Waals surface area contributed by atoms with Crippen LogP contribution in [0.3, 0.4) is 0 Å². The van der Waals surface area contributed by atoms with Crippen LogP contribution in [0.15, 0.2) is 0 Å². The van der Waals surface area contributed by atoms with E-state index in [4.69, 9.17) is 9.60 Å². The molecular weight excluding hydrogens is 132 g/mol. The molecule has 1 unspecified atom stereocenters. The van der Waals surface area contributed by atoms with Gasteiger partial charge in [0.2, 0.25) is 0 Å². The first kappa shape index (κ1) is 2.15. The fourth-order valence-corrected chi connectivity index (χ4v) is 0.335. The molecule has 0 aromatic carbocycles. The molecule has 1 nitrogen and oxygen atoms in total. The lowest BCUT2D eigenvalue weighted by molar-refractivity contribution is 0.194. The Morgan fingerprint density at radius 3 is 2.56 bits per heavy atom. The molecule has 0 aromatic rings. The van der Waals surface area contributed by atoms with Crippen LogP contribution in [-0.2, 0) is 4.74 Å². The van der Waals surface area contributed by atoms with Crippen LogP contribution in [0.1, 0.15) is 16.0 Å². The lowest BCUT2D eigenvalue weighted by Crippen LogP contribution is -2.23. The van der Waals surface area contributed by atoms with E-state index in [9.17, 15) is 12.9 Å². The van der Waals surface area contributed by atoms with Gasteiger partial charge in [0, 0.05) is 15.9 Å². The molecule has 0 amide bonds. The van der Waals surface area contributed by atoms with Crippen LogP contribution < -0.4 is 0 Å². The maximum Gasteiger partial charge on any atom is 0.483 e. The molecule has 1 fully saturated rings. The quantitative estimate of drug-likeness (QED) is 0.510. The van der Waals surface area contributed by atoms with E-state index in [-0.39, 0.29) is 0 Å². The number of halogens is 3. The van der Waals surface area contributed by atoms with Gasteiger partial charge in [-0.1, -0.05) is 0 Å². The second-order valence-electron chi connectivity index (χ2n) is 1.42. The largest absolute Gasteiger partial charge is 0.483 e. The van der Waals surface area contributed by atoms with Gasteiger partial charge < -0.3 is 17.7 Å². The zero-order valence-corrected chi connectivity index (χ0v) is 4.12. The molecule has 0 spiro atoms. The van der Waals surface area contributed by atoms with Crippen LogP contribution in [0.4, 0.5) is 12.9 Å². The van der Waals surface area contributed by atoms with Gasteiger partial charge in [-0.15, -0.1) is 0 Å². The molecule has 1 atom stereocenters. The summed E-state index contributed by atoms with van der Waals surface area (Å²) in [5.41, 5.74) is 0. The van der Waals surface area contributed by atoms with E-state index in [2.05, 4.69) is 4.74 Å². The third kappa shape index (κ3) is 1.61. The van der Waals surface area contributed by atoms with E-state index in [1.165, 1.54) is 0 Å². The zero-order chi connectivity index (χ0) is 13.2. The Balaban J connectivity index is 3.48. The Morgan fingerprint density at radius 1 is 1.67 bits per heavy atom. The van der Waals surface area contributed by atoms with Gasteiger partial charge in [0.1, 0.15) is 0 Å². The Labute approximate surface area is 61.1 Å². The summed E-state index contributed by atoms with van der Waals surface area (Å²) in [4.78, 5) is 0. The van der Waals surface area contributed by atoms with Crippen molar-refractivity contribution in [2.45, 2.75) is 12.2 Å². The highest BCUT2D eigenvalue weighted by Crippen LogP contribution is 2.32. The summed E-state index contributed by atoms with van der Waals surface area (Å²) in [5.74, 6) is -4.26. The first-order chi connectivity index (χ1) is 6.71. The summed E-state index contributed by atoms with van der Waals surface area (Å²) in [6.07, 6.45) is -3.83. The van der Waals surface area contributed by atoms with Gasteiger partial charge in [-0.25, -0.2) is 0 Å². The van der Waals surface area contributed by atoms with Gasteiger partial charge >= 0.3 is 6.98 Å². The maximum atomic E-state index is 12.6. The predicted octanol–water partition coefficient (Wildman–Crippen LogP) is 1.62. The minimum Gasteiger partial charge on any atom is -0.449 e. The van der Waals surface area contributed by atoms with E-state index < -0.39 is 32.3 Å². The Morgan fingerprint density at radius 2 is 2.33 bits per heavy atom. The van der Waals surface area contributed by atoms with E-state index in [0.717, 1.165) is 0 Å². The molecule has 1 saturated heterocycles.